The molecule has 0 aromatic carbocycles. The van der Waals surface area contributed by atoms with Crippen LogP contribution in [0.5, 0.6) is 0 Å². The van der Waals surface area contributed by atoms with Crippen molar-refractivity contribution in [2.24, 2.45) is 0 Å². The minimum atomic E-state index is 0.000746. The molecule has 1 amide bonds. The summed E-state index contributed by atoms with van der Waals surface area (Å²) in [5.41, 5.74) is 0.669. The molecular formula is C12H19N3O. The standard InChI is InChI=1S/C12H19N3O/c1-9(2)15(5)11-8-10(6-7-13-11)12(16)14(3)4/h6-9H,1-5H3. The Bertz CT molecular complexity index is 374. The highest BCUT2D eigenvalue weighted by Gasteiger charge is 2.11. The van der Waals surface area contributed by atoms with Gasteiger partial charge in [-0.1, -0.05) is 0 Å². The smallest absolute Gasteiger partial charge is 0.253 e. The Morgan fingerprint density at radius 1 is 1.31 bits per heavy atom. The fraction of sp³-hybridized carbons (Fsp3) is 0.500. The molecule has 0 aliphatic heterocycles. The molecule has 0 aliphatic carbocycles. The van der Waals surface area contributed by atoms with Gasteiger partial charge < -0.3 is 9.80 Å². The maximum atomic E-state index is 11.8. The number of rotatable bonds is 3. The van der Waals surface area contributed by atoms with Gasteiger partial charge in [0.2, 0.25) is 0 Å². The lowest BCUT2D eigenvalue weighted by molar-refractivity contribution is 0.0827. The number of pyridine rings is 1. The topological polar surface area (TPSA) is 36.4 Å². The summed E-state index contributed by atoms with van der Waals surface area (Å²) >= 11 is 0. The summed E-state index contributed by atoms with van der Waals surface area (Å²) in [5.74, 6) is 0.823. The van der Waals surface area contributed by atoms with E-state index in [0.29, 0.717) is 11.6 Å². The zero-order valence-corrected chi connectivity index (χ0v) is 10.6. The van der Waals surface area contributed by atoms with Gasteiger partial charge in [-0.25, -0.2) is 4.98 Å². The van der Waals surface area contributed by atoms with Gasteiger partial charge >= 0.3 is 0 Å². The molecule has 0 aliphatic rings. The Balaban J connectivity index is 3.00. The third-order valence-corrected chi connectivity index (χ3v) is 2.53. The van der Waals surface area contributed by atoms with Crippen LogP contribution in [0.25, 0.3) is 0 Å². The van der Waals surface area contributed by atoms with Crippen LogP contribution < -0.4 is 4.90 Å². The first kappa shape index (κ1) is 12.5. The van der Waals surface area contributed by atoms with Crippen molar-refractivity contribution in [3.8, 4) is 0 Å². The first-order chi connectivity index (χ1) is 7.43. The van der Waals surface area contributed by atoms with E-state index in [4.69, 9.17) is 0 Å². The van der Waals surface area contributed by atoms with Crippen LogP contribution >= 0.6 is 0 Å². The van der Waals surface area contributed by atoms with Crippen molar-refractivity contribution in [2.45, 2.75) is 19.9 Å². The maximum Gasteiger partial charge on any atom is 0.253 e. The number of carbonyl (C=O) groups is 1. The van der Waals surface area contributed by atoms with Crippen LogP contribution in [0.1, 0.15) is 24.2 Å². The molecule has 1 heterocycles. The molecule has 0 atom stereocenters. The molecule has 1 aromatic rings. The molecule has 0 saturated carbocycles. The molecule has 4 nitrogen and oxygen atoms in total. The van der Waals surface area contributed by atoms with Crippen LogP contribution in [0.2, 0.25) is 0 Å². The van der Waals surface area contributed by atoms with E-state index in [1.54, 1.807) is 31.3 Å². The van der Waals surface area contributed by atoms with Gasteiger partial charge in [0.1, 0.15) is 5.82 Å². The van der Waals surface area contributed by atoms with Crippen molar-refractivity contribution in [3.05, 3.63) is 23.9 Å². The van der Waals surface area contributed by atoms with Gasteiger partial charge in [0.05, 0.1) is 0 Å². The number of aromatic nitrogens is 1. The Hall–Kier alpha value is -1.58. The van der Waals surface area contributed by atoms with E-state index in [2.05, 4.69) is 18.8 Å². The molecule has 0 bridgehead atoms. The minimum absolute atomic E-state index is 0.000746. The number of carbonyl (C=O) groups excluding carboxylic acids is 1. The summed E-state index contributed by atoms with van der Waals surface area (Å²) in [7, 11) is 5.46. The lowest BCUT2D eigenvalue weighted by atomic mass is 10.2. The van der Waals surface area contributed by atoms with Crippen LogP contribution in [-0.2, 0) is 0 Å². The van der Waals surface area contributed by atoms with E-state index in [-0.39, 0.29) is 5.91 Å². The fourth-order valence-electron chi connectivity index (χ4n) is 1.27. The first-order valence-corrected chi connectivity index (χ1v) is 5.34. The zero-order chi connectivity index (χ0) is 12.3. The normalized spacial score (nSPS) is 10.4. The van der Waals surface area contributed by atoms with Crippen molar-refractivity contribution in [1.82, 2.24) is 9.88 Å². The molecular weight excluding hydrogens is 202 g/mol. The second kappa shape index (κ2) is 4.96. The molecule has 0 unspecified atom stereocenters. The molecule has 0 spiro atoms. The highest BCUT2D eigenvalue weighted by molar-refractivity contribution is 5.94. The lowest BCUT2D eigenvalue weighted by Gasteiger charge is -2.23. The van der Waals surface area contributed by atoms with E-state index < -0.39 is 0 Å². The summed E-state index contributed by atoms with van der Waals surface area (Å²) < 4.78 is 0. The van der Waals surface area contributed by atoms with Crippen LogP contribution in [0.4, 0.5) is 5.82 Å². The molecule has 88 valence electrons. The third kappa shape index (κ3) is 2.72. The molecule has 0 radical (unpaired) electrons. The number of amides is 1. The van der Waals surface area contributed by atoms with E-state index in [9.17, 15) is 4.79 Å². The summed E-state index contributed by atoms with van der Waals surface area (Å²) in [6.07, 6.45) is 1.67. The molecule has 16 heavy (non-hydrogen) atoms. The summed E-state index contributed by atoms with van der Waals surface area (Å²) in [4.78, 5) is 19.6. The molecule has 1 aromatic heterocycles. The minimum Gasteiger partial charge on any atom is -0.357 e. The molecule has 0 N–H and O–H groups in total. The third-order valence-electron chi connectivity index (χ3n) is 2.53. The van der Waals surface area contributed by atoms with Crippen molar-refractivity contribution in [3.63, 3.8) is 0 Å². The van der Waals surface area contributed by atoms with E-state index in [0.717, 1.165) is 5.82 Å². The monoisotopic (exact) mass is 221 g/mol. The largest absolute Gasteiger partial charge is 0.357 e. The van der Waals surface area contributed by atoms with Crippen molar-refractivity contribution >= 4 is 11.7 Å². The number of hydrogen-bond donors (Lipinski definition) is 0. The van der Waals surface area contributed by atoms with Crippen LogP contribution in [-0.4, -0.2) is 43.0 Å². The fourth-order valence-corrected chi connectivity index (χ4v) is 1.27. The van der Waals surface area contributed by atoms with Crippen LogP contribution in [0.3, 0.4) is 0 Å². The summed E-state index contributed by atoms with van der Waals surface area (Å²) in [5, 5.41) is 0. The predicted octanol–water partition coefficient (Wildman–Crippen LogP) is 1.63. The summed E-state index contributed by atoms with van der Waals surface area (Å²) in [6, 6.07) is 3.92. The van der Waals surface area contributed by atoms with E-state index >= 15 is 0 Å². The zero-order valence-electron chi connectivity index (χ0n) is 10.6. The Labute approximate surface area is 96.9 Å². The highest BCUT2D eigenvalue weighted by Crippen LogP contribution is 2.14. The van der Waals surface area contributed by atoms with Crippen molar-refractivity contribution in [1.29, 1.82) is 0 Å². The molecule has 1 rings (SSSR count). The molecule has 4 heteroatoms. The van der Waals surface area contributed by atoms with Gasteiger partial charge in [0, 0.05) is 38.9 Å². The number of nitrogens with zero attached hydrogens (tertiary/aromatic N) is 3. The highest BCUT2D eigenvalue weighted by atomic mass is 16.2. The van der Waals surface area contributed by atoms with Gasteiger partial charge in [0.25, 0.3) is 5.91 Å². The van der Waals surface area contributed by atoms with Gasteiger partial charge in [-0.2, -0.15) is 0 Å². The maximum absolute atomic E-state index is 11.8. The second-order valence-corrected chi connectivity index (χ2v) is 4.31. The van der Waals surface area contributed by atoms with Crippen molar-refractivity contribution < 1.29 is 4.79 Å². The van der Waals surface area contributed by atoms with Crippen LogP contribution in [0, 0.1) is 0 Å². The molecule has 0 fully saturated rings. The van der Waals surface area contributed by atoms with Gasteiger partial charge in [0.15, 0.2) is 0 Å². The van der Waals surface area contributed by atoms with Crippen molar-refractivity contribution in [2.75, 3.05) is 26.0 Å². The molecule has 0 saturated heterocycles. The number of hydrogen-bond acceptors (Lipinski definition) is 3. The second-order valence-electron chi connectivity index (χ2n) is 4.31. The van der Waals surface area contributed by atoms with E-state index in [1.165, 1.54) is 0 Å². The Morgan fingerprint density at radius 2 is 1.94 bits per heavy atom. The van der Waals surface area contributed by atoms with E-state index in [1.807, 2.05) is 18.0 Å². The van der Waals surface area contributed by atoms with Gasteiger partial charge in [-0.15, -0.1) is 0 Å². The number of anilines is 1. The average Bonchev–Trinajstić information content (AvgIpc) is 2.26. The van der Waals surface area contributed by atoms with Gasteiger partial charge in [-0.3, -0.25) is 4.79 Å². The lowest BCUT2D eigenvalue weighted by Crippen LogP contribution is -2.27. The summed E-state index contributed by atoms with van der Waals surface area (Å²) in [6.45, 7) is 4.17. The SMILES string of the molecule is CC(C)N(C)c1cc(C(=O)N(C)C)ccn1. The van der Waals surface area contributed by atoms with Crippen LogP contribution in [0.15, 0.2) is 18.3 Å². The Morgan fingerprint density at radius 3 is 2.44 bits per heavy atom. The Kier molecular flexibility index (Phi) is 3.88. The quantitative estimate of drug-likeness (QED) is 0.778. The average molecular weight is 221 g/mol. The predicted molar refractivity (Wildman–Crippen MR) is 65.8 cm³/mol. The first-order valence-electron chi connectivity index (χ1n) is 5.34. The van der Waals surface area contributed by atoms with Gasteiger partial charge in [-0.05, 0) is 26.0 Å².